The number of aryl methyl sites for hydroxylation is 1. The van der Waals surface area contributed by atoms with Crippen molar-refractivity contribution in [1.29, 1.82) is 0 Å². The third kappa shape index (κ3) is 1.10. The Bertz CT molecular complexity index is 485. The molecule has 0 aliphatic rings. The first-order valence-corrected chi connectivity index (χ1v) is 3.83. The number of fused-ring (bicyclic) bond motifs is 1. The highest BCUT2D eigenvalue weighted by Gasteiger charge is 1.97. The van der Waals surface area contributed by atoms with Crippen LogP contribution < -0.4 is 5.73 Å². The predicted molar refractivity (Wildman–Crippen MR) is 50.9 cm³/mol. The molecule has 2 aromatic rings. The second kappa shape index (κ2) is 2.64. The van der Waals surface area contributed by atoms with Crippen molar-refractivity contribution in [3.63, 3.8) is 0 Å². The molecule has 1 aromatic heterocycles. The Morgan fingerprint density at radius 2 is 2.42 bits per heavy atom. The van der Waals surface area contributed by atoms with Crippen LogP contribution in [0.15, 0.2) is 24.3 Å². The lowest BCUT2D eigenvalue weighted by Gasteiger charge is -1.94. The molecule has 1 heterocycles. The lowest BCUT2D eigenvalue weighted by Crippen LogP contribution is -1.94. The van der Waals surface area contributed by atoms with Crippen LogP contribution in [0.4, 0.5) is 0 Å². The molecule has 0 saturated heterocycles. The van der Waals surface area contributed by atoms with Crippen LogP contribution in [0.25, 0.3) is 10.9 Å². The summed E-state index contributed by atoms with van der Waals surface area (Å²) >= 11 is 0. The third-order valence-corrected chi connectivity index (χ3v) is 1.92. The topological polar surface area (TPSA) is 41.8 Å². The molecule has 0 unspecified atom stereocenters. The smallest absolute Gasteiger partial charge is 0.0456 e. The van der Waals surface area contributed by atoms with E-state index in [2.05, 4.69) is 4.98 Å². The molecular formula is C10H12N2. The van der Waals surface area contributed by atoms with Crippen molar-refractivity contribution in [1.82, 2.24) is 4.98 Å². The summed E-state index contributed by atoms with van der Waals surface area (Å²) in [5, 5.41) is 0.893. The van der Waals surface area contributed by atoms with Crippen molar-refractivity contribution >= 4 is 10.9 Å². The molecule has 0 spiro atoms. The van der Waals surface area contributed by atoms with Crippen LogP contribution >= 0.6 is 0 Å². The Kier molecular flexibility index (Phi) is 1.03. The second-order valence-corrected chi connectivity index (χ2v) is 2.81. The number of aromatic nitrogens is 1. The largest absolute Gasteiger partial charge is 0.359 e. The maximum Gasteiger partial charge on any atom is 0.0456 e. The van der Waals surface area contributed by atoms with Gasteiger partial charge in [-0.1, -0.05) is 6.07 Å². The van der Waals surface area contributed by atoms with Crippen LogP contribution in [0, 0.1) is 6.85 Å². The average molecular weight is 163 g/mol. The molecule has 1 aromatic carbocycles. The number of nitrogens with two attached hydrogens (primary N) is 1. The van der Waals surface area contributed by atoms with E-state index in [0.29, 0.717) is 6.54 Å². The Morgan fingerprint density at radius 1 is 1.50 bits per heavy atom. The molecule has 0 fully saturated rings. The van der Waals surface area contributed by atoms with Gasteiger partial charge in [0, 0.05) is 21.9 Å². The van der Waals surface area contributed by atoms with E-state index in [1.165, 1.54) is 0 Å². The summed E-state index contributed by atoms with van der Waals surface area (Å²) in [6.07, 6.45) is 0. The molecule has 0 aliphatic carbocycles. The Hall–Kier alpha value is -1.28. The maximum atomic E-state index is 7.28. The van der Waals surface area contributed by atoms with E-state index >= 15 is 0 Å². The van der Waals surface area contributed by atoms with Crippen LogP contribution in [-0.4, -0.2) is 4.98 Å². The number of H-pyrrole nitrogens is 1. The third-order valence-electron chi connectivity index (χ3n) is 1.92. The molecule has 12 heavy (non-hydrogen) atoms. The van der Waals surface area contributed by atoms with Crippen molar-refractivity contribution < 1.29 is 4.11 Å². The minimum absolute atomic E-state index is 0.270. The van der Waals surface area contributed by atoms with Gasteiger partial charge >= 0.3 is 0 Å². The zero-order valence-electron chi connectivity index (χ0n) is 9.59. The van der Waals surface area contributed by atoms with Crippen LogP contribution in [0.3, 0.4) is 0 Å². The van der Waals surface area contributed by atoms with Crippen LogP contribution in [0.5, 0.6) is 0 Å². The fourth-order valence-corrected chi connectivity index (χ4v) is 1.31. The molecule has 0 bridgehead atoms. The van der Waals surface area contributed by atoms with E-state index < -0.39 is 6.85 Å². The average Bonchev–Trinajstić information content (AvgIpc) is 2.59. The number of aromatic amines is 1. The fraction of sp³-hybridized carbons (Fsp3) is 0.200. The predicted octanol–water partition coefficient (Wildman–Crippen LogP) is 1.94. The fourth-order valence-electron chi connectivity index (χ4n) is 1.31. The van der Waals surface area contributed by atoms with Crippen molar-refractivity contribution in [2.45, 2.75) is 13.4 Å². The summed E-state index contributed by atoms with van der Waals surface area (Å²) in [7, 11) is 0. The summed E-state index contributed by atoms with van der Waals surface area (Å²) in [4.78, 5) is 2.88. The SMILES string of the molecule is [2H]C([2H])([2H])c1cc2cc(CN)ccc2[nH]1. The number of benzene rings is 1. The molecule has 0 radical (unpaired) electrons. The first-order valence-electron chi connectivity index (χ1n) is 5.33. The molecule has 0 aliphatic heterocycles. The zero-order chi connectivity index (χ0) is 11.1. The molecule has 0 saturated carbocycles. The first kappa shape index (κ1) is 4.67. The molecule has 62 valence electrons. The van der Waals surface area contributed by atoms with Gasteiger partial charge in [-0.05, 0) is 36.0 Å². The van der Waals surface area contributed by atoms with Crippen molar-refractivity contribution in [2.75, 3.05) is 0 Å². The number of rotatable bonds is 1. The summed E-state index contributed by atoms with van der Waals surface area (Å²) in [6, 6.07) is 7.30. The van der Waals surface area contributed by atoms with E-state index in [4.69, 9.17) is 9.85 Å². The van der Waals surface area contributed by atoms with Crippen molar-refractivity contribution in [2.24, 2.45) is 5.73 Å². The lowest BCUT2D eigenvalue weighted by atomic mass is 10.1. The highest BCUT2D eigenvalue weighted by Crippen LogP contribution is 2.16. The van der Waals surface area contributed by atoms with Gasteiger partial charge in [-0.3, -0.25) is 0 Å². The molecule has 2 nitrogen and oxygen atoms in total. The minimum Gasteiger partial charge on any atom is -0.359 e. The van der Waals surface area contributed by atoms with Gasteiger partial charge in [0.2, 0.25) is 0 Å². The van der Waals surface area contributed by atoms with E-state index in [9.17, 15) is 0 Å². The number of hydrogen-bond acceptors (Lipinski definition) is 1. The van der Waals surface area contributed by atoms with E-state index in [1.807, 2.05) is 18.2 Å². The van der Waals surface area contributed by atoms with Crippen molar-refractivity contribution in [3.8, 4) is 0 Å². The second-order valence-electron chi connectivity index (χ2n) is 2.81. The van der Waals surface area contributed by atoms with Gasteiger partial charge in [-0.2, -0.15) is 0 Å². The monoisotopic (exact) mass is 163 g/mol. The Labute approximate surface area is 75.6 Å². The van der Waals surface area contributed by atoms with Crippen molar-refractivity contribution in [3.05, 3.63) is 35.5 Å². The van der Waals surface area contributed by atoms with Gasteiger partial charge < -0.3 is 10.7 Å². The summed E-state index contributed by atoms with van der Waals surface area (Å²) < 4.78 is 21.8. The van der Waals surface area contributed by atoms with Crippen LogP contribution in [0.2, 0.25) is 0 Å². The highest BCUT2D eigenvalue weighted by molar-refractivity contribution is 5.81. The summed E-state index contributed by atoms with van der Waals surface area (Å²) in [5.41, 5.74) is 7.61. The van der Waals surface area contributed by atoms with Gasteiger partial charge in [0.25, 0.3) is 0 Å². The molecule has 0 amide bonds. The summed E-state index contributed by atoms with van der Waals surface area (Å²) in [5.74, 6) is 0. The Balaban J connectivity index is 2.56. The zero-order valence-corrected chi connectivity index (χ0v) is 6.59. The van der Waals surface area contributed by atoms with Gasteiger partial charge in [-0.15, -0.1) is 0 Å². The molecule has 0 atom stereocenters. The first-order chi connectivity index (χ1) is 7.00. The van der Waals surface area contributed by atoms with Gasteiger partial charge in [0.15, 0.2) is 0 Å². The quantitative estimate of drug-likeness (QED) is 0.662. The molecule has 2 rings (SSSR count). The van der Waals surface area contributed by atoms with E-state index in [0.717, 1.165) is 16.5 Å². The summed E-state index contributed by atoms with van der Waals surface area (Å²) in [6.45, 7) is -1.62. The molecule has 3 N–H and O–H groups in total. The number of hydrogen-bond donors (Lipinski definition) is 2. The van der Waals surface area contributed by atoms with Gasteiger partial charge in [0.1, 0.15) is 0 Å². The van der Waals surface area contributed by atoms with Crippen LogP contribution in [0.1, 0.15) is 15.4 Å². The highest BCUT2D eigenvalue weighted by atomic mass is 14.7. The van der Waals surface area contributed by atoms with Gasteiger partial charge in [0.05, 0.1) is 0 Å². The lowest BCUT2D eigenvalue weighted by molar-refractivity contribution is 1.08. The minimum atomic E-state index is -2.08. The standard InChI is InChI=1S/C10H12N2/c1-7-4-9-5-8(6-11)2-3-10(9)12-7/h2-5,12H,6,11H2,1H3/i1D3. The normalized spacial score (nSPS) is 15.6. The van der Waals surface area contributed by atoms with Crippen LogP contribution in [-0.2, 0) is 6.54 Å². The van der Waals surface area contributed by atoms with Gasteiger partial charge in [-0.25, -0.2) is 0 Å². The Morgan fingerprint density at radius 3 is 3.17 bits per heavy atom. The molecule has 2 heteroatoms. The maximum absolute atomic E-state index is 7.28. The number of nitrogens with one attached hydrogen (secondary N) is 1. The van der Waals surface area contributed by atoms with E-state index in [1.54, 1.807) is 6.07 Å². The van der Waals surface area contributed by atoms with E-state index in [-0.39, 0.29) is 5.69 Å². The molecular weight excluding hydrogens is 148 g/mol.